The van der Waals surface area contributed by atoms with E-state index in [0.717, 1.165) is 5.56 Å². The number of hydrogen-bond donors (Lipinski definition) is 0. The third-order valence-corrected chi connectivity index (χ3v) is 3.80. The third kappa shape index (κ3) is 2.13. The fourth-order valence-electron chi connectivity index (χ4n) is 3.02. The summed E-state index contributed by atoms with van der Waals surface area (Å²) in [6.45, 7) is 5.26. The maximum absolute atomic E-state index is 11.6. The number of benzene rings is 1. The average Bonchev–Trinajstić information content (AvgIpc) is 2.37. The Balaban J connectivity index is 2.12. The van der Waals surface area contributed by atoms with Crippen molar-refractivity contribution in [2.75, 3.05) is 13.2 Å². The fourth-order valence-corrected chi connectivity index (χ4v) is 3.02. The van der Waals surface area contributed by atoms with Crippen LogP contribution in [0.15, 0.2) is 30.4 Å². The molecule has 0 saturated carbocycles. The zero-order valence-corrected chi connectivity index (χ0v) is 11.3. The van der Waals surface area contributed by atoms with Crippen LogP contribution in [0.4, 0.5) is 0 Å². The highest BCUT2D eigenvalue weighted by atomic mass is 16.6. The summed E-state index contributed by atoms with van der Waals surface area (Å²) < 4.78 is 11.8. The van der Waals surface area contributed by atoms with E-state index in [1.54, 1.807) is 6.08 Å². The molecule has 0 unspecified atom stereocenters. The Morgan fingerprint density at radius 1 is 1.16 bits per heavy atom. The molecule has 3 rings (SSSR count). The summed E-state index contributed by atoms with van der Waals surface area (Å²) in [7, 11) is 0. The third-order valence-electron chi connectivity index (χ3n) is 3.80. The van der Waals surface area contributed by atoms with Gasteiger partial charge >= 0.3 is 0 Å². The van der Waals surface area contributed by atoms with Crippen LogP contribution in [0.25, 0.3) is 0 Å². The molecule has 0 spiro atoms. The zero-order chi connectivity index (χ0) is 13.5. The minimum absolute atomic E-state index is 0.107. The molecule has 2 aliphatic rings. The first-order valence-corrected chi connectivity index (χ1v) is 6.66. The molecule has 3 nitrogen and oxygen atoms in total. The maximum atomic E-state index is 11.6. The topological polar surface area (TPSA) is 35.5 Å². The highest BCUT2D eigenvalue weighted by molar-refractivity contribution is 5.91. The van der Waals surface area contributed by atoms with Crippen molar-refractivity contribution in [2.45, 2.75) is 32.0 Å². The number of rotatable bonds is 1. The van der Waals surface area contributed by atoms with Crippen LogP contribution in [-0.4, -0.2) is 25.1 Å². The van der Waals surface area contributed by atoms with E-state index in [9.17, 15) is 4.79 Å². The molecule has 0 amide bonds. The van der Waals surface area contributed by atoms with Crippen molar-refractivity contribution < 1.29 is 14.3 Å². The maximum Gasteiger partial charge on any atom is 0.158 e. The molecular weight excluding hydrogens is 240 g/mol. The number of ether oxygens (including phenoxy) is 2. The molecule has 0 radical (unpaired) electrons. The Labute approximate surface area is 113 Å². The van der Waals surface area contributed by atoms with Crippen LogP contribution in [0.2, 0.25) is 0 Å². The van der Waals surface area contributed by atoms with Crippen molar-refractivity contribution in [3.63, 3.8) is 0 Å². The lowest BCUT2D eigenvalue weighted by Gasteiger charge is -2.43. The highest BCUT2D eigenvalue weighted by Crippen LogP contribution is 2.40. The molecule has 0 aromatic heterocycles. The van der Waals surface area contributed by atoms with E-state index >= 15 is 0 Å². The number of carbonyl (C=O) groups excluding carboxylic acids is 1. The van der Waals surface area contributed by atoms with Gasteiger partial charge in [-0.1, -0.05) is 29.3 Å². The van der Waals surface area contributed by atoms with E-state index in [4.69, 9.17) is 9.47 Å². The molecule has 1 aromatic carbocycles. The first-order chi connectivity index (χ1) is 9.10. The molecule has 1 fully saturated rings. The molecule has 2 atom stereocenters. The zero-order valence-electron chi connectivity index (χ0n) is 11.3. The minimum atomic E-state index is -0.594. The number of fused-ring (bicyclic) bond motifs is 1. The van der Waals surface area contributed by atoms with Crippen LogP contribution in [0, 0.1) is 13.8 Å². The number of aryl methyl sites for hydroxylation is 2. The summed E-state index contributed by atoms with van der Waals surface area (Å²) in [5.74, 6) is 0.107. The van der Waals surface area contributed by atoms with E-state index in [1.807, 2.05) is 6.08 Å². The summed E-state index contributed by atoms with van der Waals surface area (Å²) in [5.41, 5.74) is 2.88. The molecule has 19 heavy (non-hydrogen) atoms. The van der Waals surface area contributed by atoms with Crippen LogP contribution in [0.5, 0.6) is 0 Å². The van der Waals surface area contributed by atoms with Gasteiger partial charge in [0.05, 0.1) is 13.2 Å². The van der Waals surface area contributed by atoms with Gasteiger partial charge < -0.3 is 9.47 Å². The lowest BCUT2D eigenvalue weighted by Crippen LogP contribution is -2.50. The Kier molecular flexibility index (Phi) is 3.03. The molecule has 1 heterocycles. The van der Waals surface area contributed by atoms with Gasteiger partial charge in [0.1, 0.15) is 11.7 Å². The second-order valence-electron chi connectivity index (χ2n) is 5.38. The van der Waals surface area contributed by atoms with Gasteiger partial charge in [-0.3, -0.25) is 4.79 Å². The summed E-state index contributed by atoms with van der Waals surface area (Å²) in [6.07, 6.45) is 3.68. The van der Waals surface area contributed by atoms with Crippen LogP contribution in [-0.2, 0) is 19.9 Å². The van der Waals surface area contributed by atoms with Gasteiger partial charge in [0.25, 0.3) is 0 Å². The molecule has 1 aliphatic carbocycles. The standard InChI is InChI=1S/C16H18O3/c1-11-7-12(2)9-13(8-11)16-4-3-14(17)10-15(16)18-5-6-19-16/h3-4,7-9,15H,5-6,10H2,1-2H3/t15-,16-/m0/s1. The monoisotopic (exact) mass is 258 g/mol. The van der Waals surface area contributed by atoms with Gasteiger partial charge in [0, 0.05) is 6.42 Å². The first-order valence-electron chi connectivity index (χ1n) is 6.66. The average molecular weight is 258 g/mol. The number of allylic oxidation sites excluding steroid dienone is 1. The lowest BCUT2D eigenvalue weighted by atomic mass is 9.79. The molecule has 1 aromatic rings. The Hall–Kier alpha value is -1.45. The molecule has 3 heteroatoms. The van der Waals surface area contributed by atoms with Crippen molar-refractivity contribution in [2.24, 2.45) is 0 Å². The van der Waals surface area contributed by atoms with Crippen molar-refractivity contribution in [3.05, 3.63) is 47.0 Å². The molecule has 100 valence electrons. The van der Waals surface area contributed by atoms with E-state index in [0.29, 0.717) is 19.6 Å². The van der Waals surface area contributed by atoms with Crippen molar-refractivity contribution in [1.29, 1.82) is 0 Å². The minimum Gasteiger partial charge on any atom is -0.372 e. The van der Waals surface area contributed by atoms with Crippen molar-refractivity contribution in [1.82, 2.24) is 0 Å². The molecule has 1 aliphatic heterocycles. The van der Waals surface area contributed by atoms with Crippen molar-refractivity contribution >= 4 is 5.78 Å². The lowest BCUT2D eigenvalue weighted by molar-refractivity contribution is -0.191. The summed E-state index contributed by atoms with van der Waals surface area (Å²) in [5, 5.41) is 0. The predicted octanol–water partition coefficient (Wildman–Crippen LogP) is 2.44. The normalized spacial score (nSPS) is 30.2. The van der Waals surface area contributed by atoms with Gasteiger partial charge in [-0.2, -0.15) is 0 Å². The van der Waals surface area contributed by atoms with Gasteiger partial charge in [-0.25, -0.2) is 0 Å². The van der Waals surface area contributed by atoms with Gasteiger partial charge in [-0.05, 0) is 31.6 Å². The van der Waals surface area contributed by atoms with E-state index in [2.05, 4.69) is 32.0 Å². The number of hydrogen-bond acceptors (Lipinski definition) is 3. The second-order valence-corrected chi connectivity index (χ2v) is 5.38. The van der Waals surface area contributed by atoms with E-state index in [1.165, 1.54) is 11.1 Å². The van der Waals surface area contributed by atoms with Crippen LogP contribution in [0.3, 0.4) is 0 Å². The molecule has 0 bridgehead atoms. The molecular formula is C16H18O3. The Bertz CT molecular complexity index is 527. The quantitative estimate of drug-likeness (QED) is 0.776. The van der Waals surface area contributed by atoms with E-state index in [-0.39, 0.29) is 11.9 Å². The number of ketones is 1. The second kappa shape index (κ2) is 4.58. The van der Waals surface area contributed by atoms with Gasteiger partial charge in [0.2, 0.25) is 0 Å². The van der Waals surface area contributed by atoms with E-state index < -0.39 is 5.60 Å². The highest BCUT2D eigenvalue weighted by Gasteiger charge is 2.46. The summed E-state index contributed by atoms with van der Waals surface area (Å²) in [4.78, 5) is 11.6. The van der Waals surface area contributed by atoms with Gasteiger partial charge in [0.15, 0.2) is 5.78 Å². The van der Waals surface area contributed by atoms with Crippen molar-refractivity contribution in [3.8, 4) is 0 Å². The SMILES string of the molecule is Cc1cc(C)cc([C@@]23C=CC(=O)C[C@@H]2OCCO3)c1. The van der Waals surface area contributed by atoms with Crippen LogP contribution >= 0.6 is 0 Å². The predicted molar refractivity (Wildman–Crippen MR) is 72.1 cm³/mol. The Morgan fingerprint density at radius 3 is 2.63 bits per heavy atom. The smallest absolute Gasteiger partial charge is 0.158 e. The number of carbonyl (C=O) groups is 1. The summed E-state index contributed by atoms with van der Waals surface area (Å²) >= 11 is 0. The molecule has 0 N–H and O–H groups in total. The fraction of sp³-hybridized carbons (Fsp3) is 0.438. The first kappa shape index (κ1) is 12.6. The van der Waals surface area contributed by atoms with Crippen LogP contribution in [0.1, 0.15) is 23.1 Å². The summed E-state index contributed by atoms with van der Waals surface area (Å²) in [6, 6.07) is 6.38. The van der Waals surface area contributed by atoms with Crippen LogP contribution < -0.4 is 0 Å². The molecule has 1 saturated heterocycles. The Morgan fingerprint density at radius 2 is 1.89 bits per heavy atom. The largest absolute Gasteiger partial charge is 0.372 e. The van der Waals surface area contributed by atoms with Gasteiger partial charge in [-0.15, -0.1) is 0 Å².